The van der Waals surface area contributed by atoms with Crippen LogP contribution in [0.1, 0.15) is 4.88 Å². The molecule has 98 valence electrons. The summed E-state index contributed by atoms with van der Waals surface area (Å²) in [6, 6.07) is 5.48. The summed E-state index contributed by atoms with van der Waals surface area (Å²) in [4.78, 5) is 1.18. The smallest absolute Gasteiger partial charge is 0.252 e. The van der Waals surface area contributed by atoms with Crippen molar-refractivity contribution in [1.82, 2.24) is 4.31 Å². The molecule has 0 atom stereocenters. The molecule has 0 aliphatic heterocycles. The molecule has 4 nitrogen and oxygen atoms in total. The Morgan fingerprint density at radius 1 is 1.39 bits per heavy atom. The molecule has 2 aromatic heterocycles. The Labute approximate surface area is 115 Å². The van der Waals surface area contributed by atoms with E-state index in [0.717, 1.165) is 17.8 Å². The Balaban J connectivity index is 2.06. The average molecular weight is 302 g/mol. The van der Waals surface area contributed by atoms with Crippen LogP contribution < -0.4 is 5.73 Å². The monoisotopic (exact) mass is 302 g/mol. The van der Waals surface area contributed by atoms with Gasteiger partial charge >= 0.3 is 0 Å². The number of sulfonamides is 1. The highest BCUT2D eigenvalue weighted by Gasteiger charge is 2.22. The van der Waals surface area contributed by atoms with Crippen molar-refractivity contribution >= 4 is 38.4 Å². The largest absolute Gasteiger partial charge is 0.398 e. The van der Waals surface area contributed by atoms with Crippen LogP contribution in [0.4, 0.5) is 5.69 Å². The number of nitrogens with zero attached hydrogens (tertiary/aromatic N) is 1. The van der Waals surface area contributed by atoms with Gasteiger partial charge in [0.25, 0.3) is 10.0 Å². The Hall–Kier alpha value is -0.890. The van der Waals surface area contributed by atoms with E-state index in [4.69, 9.17) is 5.73 Å². The first-order chi connectivity index (χ1) is 8.50. The molecular weight excluding hydrogens is 288 g/mol. The van der Waals surface area contributed by atoms with Crippen LogP contribution in [0.5, 0.6) is 0 Å². The fourth-order valence-electron chi connectivity index (χ4n) is 1.46. The zero-order valence-electron chi connectivity index (χ0n) is 9.87. The predicted octanol–water partition coefficient (Wildman–Crippen LogP) is 2.25. The van der Waals surface area contributed by atoms with Crippen LogP contribution in [-0.2, 0) is 16.4 Å². The highest BCUT2D eigenvalue weighted by Crippen LogP contribution is 2.24. The van der Waals surface area contributed by atoms with Crippen molar-refractivity contribution in [3.63, 3.8) is 0 Å². The third-order valence-corrected chi connectivity index (χ3v) is 6.74. The number of hydrogen-bond acceptors (Lipinski definition) is 5. The number of hydrogen-bond donors (Lipinski definition) is 1. The lowest BCUT2D eigenvalue weighted by molar-refractivity contribution is 0.475. The second-order valence-electron chi connectivity index (χ2n) is 3.86. The third kappa shape index (κ3) is 2.92. The first-order valence-electron chi connectivity index (χ1n) is 5.33. The van der Waals surface area contributed by atoms with E-state index in [9.17, 15) is 8.42 Å². The number of nitrogen functional groups attached to an aromatic ring is 1. The molecule has 0 aromatic carbocycles. The van der Waals surface area contributed by atoms with Gasteiger partial charge in [-0.2, -0.15) is 4.31 Å². The molecule has 0 radical (unpaired) electrons. The van der Waals surface area contributed by atoms with Gasteiger partial charge in [0.15, 0.2) is 0 Å². The number of likely N-dealkylation sites (N-methyl/N-ethyl adjacent to an activating group) is 1. The van der Waals surface area contributed by atoms with Crippen LogP contribution >= 0.6 is 22.7 Å². The van der Waals surface area contributed by atoms with Crippen LogP contribution in [0.2, 0.25) is 0 Å². The summed E-state index contributed by atoms with van der Waals surface area (Å²) >= 11 is 2.79. The van der Waals surface area contributed by atoms with Crippen molar-refractivity contribution in [2.24, 2.45) is 0 Å². The van der Waals surface area contributed by atoms with Crippen LogP contribution in [0.25, 0.3) is 0 Å². The van der Waals surface area contributed by atoms with Gasteiger partial charge in [0.2, 0.25) is 0 Å². The van der Waals surface area contributed by atoms with Gasteiger partial charge in [0, 0.05) is 29.5 Å². The standard InChI is InChI=1S/C11H14N2O2S3/c1-13(5-4-10-3-2-6-16-10)18(14,15)11-7-9(12)8-17-11/h2-3,6-8H,4-5,12H2,1H3. The van der Waals surface area contributed by atoms with Crippen LogP contribution in [-0.4, -0.2) is 26.3 Å². The van der Waals surface area contributed by atoms with E-state index in [2.05, 4.69) is 0 Å². The van der Waals surface area contributed by atoms with Gasteiger partial charge < -0.3 is 5.73 Å². The lowest BCUT2D eigenvalue weighted by Crippen LogP contribution is -2.28. The number of thiophene rings is 2. The minimum atomic E-state index is -3.39. The third-order valence-electron chi connectivity index (χ3n) is 2.51. The van der Waals surface area contributed by atoms with Crippen molar-refractivity contribution in [3.05, 3.63) is 33.8 Å². The topological polar surface area (TPSA) is 63.4 Å². The van der Waals surface area contributed by atoms with E-state index in [1.54, 1.807) is 23.8 Å². The summed E-state index contributed by atoms with van der Waals surface area (Å²) in [7, 11) is -1.80. The van der Waals surface area contributed by atoms with E-state index >= 15 is 0 Å². The molecule has 0 amide bonds. The highest BCUT2D eigenvalue weighted by molar-refractivity contribution is 7.91. The molecule has 0 bridgehead atoms. The second-order valence-corrected chi connectivity index (χ2v) is 8.07. The van der Waals surface area contributed by atoms with Crippen molar-refractivity contribution in [2.75, 3.05) is 19.3 Å². The highest BCUT2D eigenvalue weighted by atomic mass is 32.2. The van der Waals surface area contributed by atoms with Gasteiger partial charge in [0.05, 0.1) is 0 Å². The molecule has 2 heterocycles. The maximum atomic E-state index is 12.2. The van der Waals surface area contributed by atoms with E-state index in [1.807, 2.05) is 17.5 Å². The summed E-state index contributed by atoms with van der Waals surface area (Å²) in [6.45, 7) is 0.473. The fraction of sp³-hybridized carbons (Fsp3) is 0.273. The quantitative estimate of drug-likeness (QED) is 0.921. The first-order valence-corrected chi connectivity index (χ1v) is 8.53. The second kappa shape index (κ2) is 5.40. The summed E-state index contributed by atoms with van der Waals surface area (Å²) in [5.41, 5.74) is 6.05. The maximum absolute atomic E-state index is 12.2. The Kier molecular flexibility index (Phi) is 4.06. The van der Waals surface area contributed by atoms with Gasteiger partial charge in [-0.3, -0.25) is 0 Å². The lowest BCUT2D eigenvalue weighted by atomic mass is 10.3. The van der Waals surface area contributed by atoms with Gasteiger partial charge in [-0.1, -0.05) is 6.07 Å². The average Bonchev–Trinajstić information content (AvgIpc) is 2.96. The summed E-state index contributed by atoms with van der Waals surface area (Å²) in [5.74, 6) is 0. The van der Waals surface area contributed by atoms with E-state index in [0.29, 0.717) is 16.4 Å². The first kappa shape index (κ1) is 13.5. The van der Waals surface area contributed by atoms with E-state index in [-0.39, 0.29) is 0 Å². The molecule has 0 saturated heterocycles. The van der Waals surface area contributed by atoms with Crippen molar-refractivity contribution < 1.29 is 8.42 Å². The molecule has 0 unspecified atom stereocenters. The minimum Gasteiger partial charge on any atom is -0.398 e. The Morgan fingerprint density at radius 3 is 2.72 bits per heavy atom. The molecule has 0 fully saturated rings. The Bertz CT molecular complexity index is 602. The molecule has 2 N–H and O–H groups in total. The lowest BCUT2D eigenvalue weighted by Gasteiger charge is -2.15. The Morgan fingerprint density at radius 2 is 2.17 bits per heavy atom. The van der Waals surface area contributed by atoms with Crippen molar-refractivity contribution in [3.8, 4) is 0 Å². The molecule has 0 saturated carbocycles. The molecule has 7 heteroatoms. The maximum Gasteiger partial charge on any atom is 0.252 e. The molecule has 2 rings (SSSR count). The molecule has 0 aliphatic carbocycles. The zero-order valence-corrected chi connectivity index (χ0v) is 12.3. The molecule has 18 heavy (non-hydrogen) atoms. The predicted molar refractivity (Wildman–Crippen MR) is 76.6 cm³/mol. The van der Waals surface area contributed by atoms with E-state index in [1.165, 1.54) is 15.2 Å². The minimum absolute atomic E-state index is 0.300. The van der Waals surface area contributed by atoms with Crippen LogP contribution in [0.3, 0.4) is 0 Å². The number of rotatable bonds is 5. The summed E-state index contributed by atoms with van der Waals surface area (Å²) in [6.07, 6.45) is 0.730. The number of nitrogens with two attached hydrogens (primary N) is 1. The molecular formula is C11H14N2O2S3. The van der Waals surface area contributed by atoms with Crippen molar-refractivity contribution in [1.29, 1.82) is 0 Å². The SMILES string of the molecule is CN(CCc1cccs1)S(=O)(=O)c1cc(N)cs1. The van der Waals surface area contributed by atoms with Gasteiger partial charge in [-0.05, 0) is 23.9 Å². The molecule has 0 spiro atoms. The van der Waals surface area contributed by atoms with Gasteiger partial charge in [-0.25, -0.2) is 8.42 Å². The van der Waals surface area contributed by atoms with Gasteiger partial charge in [-0.15, -0.1) is 22.7 Å². The molecule has 0 aliphatic rings. The molecule has 2 aromatic rings. The van der Waals surface area contributed by atoms with Gasteiger partial charge in [0.1, 0.15) is 4.21 Å². The number of anilines is 1. The fourth-order valence-corrected chi connectivity index (χ4v) is 4.62. The summed E-state index contributed by atoms with van der Waals surface area (Å²) in [5, 5.41) is 3.63. The normalized spacial score (nSPS) is 12.1. The zero-order chi connectivity index (χ0) is 13.2. The van der Waals surface area contributed by atoms with Crippen LogP contribution in [0, 0.1) is 0 Å². The van der Waals surface area contributed by atoms with E-state index < -0.39 is 10.0 Å². The van der Waals surface area contributed by atoms with Crippen LogP contribution in [0.15, 0.2) is 33.2 Å². The van der Waals surface area contributed by atoms with Crippen molar-refractivity contribution in [2.45, 2.75) is 10.6 Å². The summed E-state index contributed by atoms with van der Waals surface area (Å²) < 4.78 is 26.1.